The first kappa shape index (κ1) is 25.3. The second-order valence-electron chi connectivity index (χ2n) is 12.2. The lowest BCUT2D eigenvalue weighted by Crippen LogP contribution is -1.99. The maximum Gasteiger partial charge on any atom is -0.00105 e. The number of hydrogen-bond donors (Lipinski definition) is 0. The van der Waals surface area contributed by atoms with Crippen molar-refractivity contribution >= 4 is 59.8 Å². The van der Waals surface area contributed by atoms with Crippen LogP contribution in [-0.2, 0) is 6.42 Å². The van der Waals surface area contributed by atoms with Crippen molar-refractivity contribution in [1.29, 1.82) is 0 Å². The van der Waals surface area contributed by atoms with E-state index in [1.54, 1.807) is 0 Å². The van der Waals surface area contributed by atoms with Crippen LogP contribution >= 0.6 is 0 Å². The minimum Gasteiger partial charge on any atom is -0.0913 e. The molecule has 0 atom stereocenters. The van der Waals surface area contributed by atoms with Crippen LogP contribution in [0.5, 0.6) is 0 Å². The van der Waals surface area contributed by atoms with Crippen molar-refractivity contribution in [3.63, 3.8) is 0 Å². The highest BCUT2D eigenvalue weighted by molar-refractivity contribution is 6.39. The minimum atomic E-state index is 0.912. The summed E-state index contributed by atoms with van der Waals surface area (Å²) in [4.78, 5) is 0. The van der Waals surface area contributed by atoms with Crippen LogP contribution in [0, 0.1) is 0 Å². The summed E-state index contributed by atoms with van der Waals surface area (Å²) in [7, 11) is 0. The van der Waals surface area contributed by atoms with Crippen molar-refractivity contribution in [2.45, 2.75) is 26.7 Å². The van der Waals surface area contributed by atoms with E-state index in [0.717, 1.165) is 12.8 Å². The maximum absolute atomic E-state index is 2.43. The summed E-state index contributed by atoms with van der Waals surface area (Å²) in [5.41, 5.74) is 13.7. The predicted molar refractivity (Wildman–Crippen MR) is 190 cm³/mol. The first-order chi connectivity index (χ1) is 21.8. The van der Waals surface area contributed by atoms with Gasteiger partial charge in [0, 0.05) is 0 Å². The Bertz CT molecular complexity index is 2370. The molecule has 2 aliphatic rings. The third kappa shape index (κ3) is 3.40. The van der Waals surface area contributed by atoms with Crippen LogP contribution < -0.4 is 0 Å². The van der Waals surface area contributed by atoms with Gasteiger partial charge in [-0.05, 0) is 125 Å². The molecule has 0 heteroatoms. The fourth-order valence-corrected chi connectivity index (χ4v) is 8.16. The minimum absolute atomic E-state index is 0.912. The Morgan fingerprint density at radius 3 is 1.91 bits per heavy atom. The molecule has 7 aromatic carbocycles. The zero-order valence-corrected chi connectivity index (χ0v) is 25.1. The molecule has 208 valence electrons. The molecule has 0 fully saturated rings. The zero-order chi connectivity index (χ0) is 29.4. The average Bonchev–Trinajstić information content (AvgIpc) is 3.32. The third-order valence-electron chi connectivity index (χ3n) is 10.0. The summed E-state index contributed by atoms with van der Waals surface area (Å²) in [6, 6.07) is 43.4. The lowest BCUT2D eigenvalue weighted by molar-refractivity contribution is 1.10. The molecule has 0 radical (unpaired) electrons. The van der Waals surface area contributed by atoms with Gasteiger partial charge in [0.1, 0.15) is 0 Å². The first-order valence-corrected chi connectivity index (χ1v) is 15.8. The molecule has 0 saturated heterocycles. The molecule has 0 saturated carbocycles. The quantitative estimate of drug-likeness (QED) is 0.114. The van der Waals surface area contributed by atoms with Gasteiger partial charge in [-0.25, -0.2) is 0 Å². The molecule has 2 aliphatic carbocycles. The van der Waals surface area contributed by atoms with Gasteiger partial charge in [-0.15, -0.1) is 0 Å². The van der Waals surface area contributed by atoms with E-state index in [1.807, 2.05) is 0 Å². The van der Waals surface area contributed by atoms with Crippen molar-refractivity contribution in [3.8, 4) is 0 Å². The van der Waals surface area contributed by atoms with Crippen molar-refractivity contribution < 1.29 is 0 Å². The highest BCUT2D eigenvalue weighted by Crippen LogP contribution is 2.57. The SMILES string of the molecule is C/C=C\C/C(=C\C)C1=C2C(=C(c3ccccc3)c3ccccc3C1)c1ccc3c4cccc5cccc(c6ccc2c1c63)c54. The van der Waals surface area contributed by atoms with E-state index in [2.05, 4.69) is 147 Å². The van der Waals surface area contributed by atoms with E-state index in [4.69, 9.17) is 0 Å². The Hall–Kier alpha value is -5.20. The molecular formula is C44H32. The lowest BCUT2D eigenvalue weighted by Gasteiger charge is -2.17. The fraction of sp³-hybridized carbons (Fsp3) is 0.0909. The van der Waals surface area contributed by atoms with Crippen LogP contribution in [0.4, 0.5) is 0 Å². The summed E-state index contributed by atoms with van der Waals surface area (Å²) in [6.45, 7) is 4.33. The summed E-state index contributed by atoms with van der Waals surface area (Å²) >= 11 is 0. The molecule has 0 unspecified atom stereocenters. The molecule has 9 rings (SSSR count). The molecule has 0 nitrogen and oxygen atoms in total. The molecule has 0 amide bonds. The Labute approximate surface area is 258 Å². The van der Waals surface area contributed by atoms with E-state index < -0.39 is 0 Å². The van der Waals surface area contributed by atoms with E-state index in [0.29, 0.717) is 0 Å². The Morgan fingerprint density at radius 2 is 1.20 bits per heavy atom. The molecule has 0 aromatic heterocycles. The summed E-state index contributed by atoms with van der Waals surface area (Å²) in [6.07, 6.45) is 8.67. The Morgan fingerprint density at radius 1 is 0.545 bits per heavy atom. The highest BCUT2D eigenvalue weighted by Gasteiger charge is 2.35. The van der Waals surface area contributed by atoms with Gasteiger partial charge < -0.3 is 0 Å². The van der Waals surface area contributed by atoms with Gasteiger partial charge >= 0.3 is 0 Å². The molecular weight excluding hydrogens is 528 g/mol. The van der Waals surface area contributed by atoms with Gasteiger partial charge in [0.05, 0.1) is 0 Å². The van der Waals surface area contributed by atoms with Crippen LogP contribution in [0.25, 0.3) is 59.8 Å². The average molecular weight is 561 g/mol. The Balaban J connectivity index is 1.52. The number of benzene rings is 7. The molecule has 0 bridgehead atoms. The van der Waals surface area contributed by atoms with Gasteiger partial charge in [0.25, 0.3) is 0 Å². The van der Waals surface area contributed by atoms with E-state index in [-0.39, 0.29) is 0 Å². The van der Waals surface area contributed by atoms with Crippen LogP contribution in [0.2, 0.25) is 0 Å². The number of hydrogen-bond acceptors (Lipinski definition) is 0. The van der Waals surface area contributed by atoms with Crippen molar-refractivity contribution in [1.82, 2.24) is 0 Å². The lowest BCUT2D eigenvalue weighted by atomic mass is 9.86. The standard InChI is InChI=1S/C44H32/c1-3-5-13-27(4-2)38-26-30-16-9-10-19-31(30)40(29-14-7-6-8-15-29)44-37-25-23-35-33-21-12-18-28-17-11-20-32(39(28)33)34-22-24-36(43(38)44)42(37)41(34)35/h3-12,14-25H,13,26H2,1-2H3/b5-3-,27-4+. The topological polar surface area (TPSA) is 0 Å². The molecule has 44 heavy (non-hydrogen) atoms. The molecule has 0 aliphatic heterocycles. The van der Waals surface area contributed by atoms with Gasteiger partial charge in [0.2, 0.25) is 0 Å². The largest absolute Gasteiger partial charge is 0.0913 e. The van der Waals surface area contributed by atoms with Crippen molar-refractivity contribution in [2.75, 3.05) is 0 Å². The number of fused-ring (bicyclic) bond motifs is 6. The molecule has 0 heterocycles. The fourth-order valence-electron chi connectivity index (χ4n) is 8.16. The Kier molecular flexibility index (Phi) is 5.56. The van der Waals surface area contributed by atoms with Gasteiger partial charge in [-0.2, -0.15) is 0 Å². The molecule has 0 spiro atoms. The van der Waals surface area contributed by atoms with Crippen molar-refractivity contribution in [3.05, 3.63) is 172 Å². The van der Waals surface area contributed by atoms with Crippen LogP contribution in [0.1, 0.15) is 48.1 Å². The summed E-state index contributed by atoms with van der Waals surface area (Å²) in [5, 5.41) is 10.9. The highest BCUT2D eigenvalue weighted by atomic mass is 14.4. The van der Waals surface area contributed by atoms with E-state index >= 15 is 0 Å². The monoisotopic (exact) mass is 560 g/mol. The summed E-state index contributed by atoms with van der Waals surface area (Å²) in [5.74, 6) is 0. The van der Waals surface area contributed by atoms with Crippen molar-refractivity contribution in [2.24, 2.45) is 0 Å². The van der Waals surface area contributed by atoms with Gasteiger partial charge in [0.15, 0.2) is 0 Å². The maximum atomic E-state index is 2.43. The normalized spacial score (nSPS) is 14.9. The first-order valence-electron chi connectivity index (χ1n) is 15.8. The zero-order valence-electron chi connectivity index (χ0n) is 25.1. The van der Waals surface area contributed by atoms with Crippen LogP contribution in [0.15, 0.2) is 145 Å². The third-order valence-corrected chi connectivity index (χ3v) is 10.0. The number of rotatable bonds is 4. The molecule has 7 aromatic rings. The smallest absolute Gasteiger partial charge is 0.00105 e. The van der Waals surface area contributed by atoms with Gasteiger partial charge in [-0.3, -0.25) is 0 Å². The van der Waals surface area contributed by atoms with E-state index in [9.17, 15) is 0 Å². The van der Waals surface area contributed by atoms with E-state index in [1.165, 1.54) is 98.8 Å². The number of allylic oxidation sites excluding steroid dienone is 7. The van der Waals surface area contributed by atoms with Crippen LogP contribution in [0.3, 0.4) is 0 Å². The predicted octanol–water partition coefficient (Wildman–Crippen LogP) is 11.9. The van der Waals surface area contributed by atoms with Gasteiger partial charge in [-0.1, -0.05) is 133 Å². The second kappa shape index (κ2) is 9.66. The van der Waals surface area contributed by atoms with Crippen LogP contribution in [-0.4, -0.2) is 0 Å². The second-order valence-corrected chi connectivity index (χ2v) is 12.2. The summed E-state index contributed by atoms with van der Waals surface area (Å²) < 4.78 is 0. The molecule has 0 N–H and O–H groups in total.